The summed E-state index contributed by atoms with van der Waals surface area (Å²) in [6.45, 7) is 5.49. The summed E-state index contributed by atoms with van der Waals surface area (Å²) in [7, 11) is 0. The maximum atomic E-state index is 10.5. The van der Waals surface area contributed by atoms with Gasteiger partial charge in [-0.2, -0.15) is 0 Å². The molecule has 1 aliphatic carbocycles. The first-order chi connectivity index (χ1) is 16.2. The number of hydrogen-bond acceptors (Lipinski definition) is 4. The van der Waals surface area contributed by atoms with Gasteiger partial charge in [0.2, 0.25) is 0 Å². The van der Waals surface area contributed by atoms with Gasteiger partial charge in [0.25, 0.3) is 0 Å². The van der Waals surface area contributed by atoms with Crippen LogP contribution in [0.3, 0.4) is 0 Å². The third-order valence-corrected chi connectivity index (χ3v) is 7.03. The van der Waals surface area contributed by atoms with Gasteiger partial charge in [-0.1, -0.05) is 30.3 Å². The van der Waals surface area contributed by atoms with Crippen LogP contribution in [0.4, 0.5) is 11.4 Å². The summed E-state index contributed by atoms with van der Waals surface area (Å²) >= 11 is 0. The molecule has 2 aromatic heterocycles. The molecule has 0 radical (unpaired) electrons. The number of nitrogens with zero attached hydrogens (tertiary/aromatic N) is 1. The van der Waals surface area contributed by atoms with E-state index in [4.69, 9.17) is 0 Å². The highest BCUT2D eigenvalue weighted by Crippen LogP contribution is 2.39. The number of H-pyrrole nitrogens is 1. The molecule has 0 fully saturated rings. The predicted octanol–water partition coefficient (Wildman–Crippen LogP) is 5.86. The quantitative estimate of drug-likeness (QED) is 0.281. The van der Waals surface area contributed by atoms with Crippen LogP contribution in [-0.2, 0) is 30.5 Å². The Bertz CT molecular complexity index is 1310. The highest BCUT2D eigenvalue weighted by molar-refractivity contribution is 5.86. The molecular formula is C29H33N3O2. The van der Waals surface area contributed by atoms with Crippen LogP contribution in [0.25, 0.3) is 10.9 Å². The van der Waals surface area contributed by atoms with Crippen LogP contribution in [0.15, 0.2) is 60.9 Å². The zero-order chi connectivity index (χ0) is 23.9. The summed E-state index contributed by atoms with van der Waals surface area (Å²) < 4.78 is 0. The molecule has 4 aromatic rings. The third-order valence-electron chi connectivity index (χ3n) is 7.03. The fraction of sp³-hybridized carbons (Fsp3) is 0.345. The summed E-state index contributed by atoms with van der Waals surface area (Å²) in [5.74, 6) is 0. The number of fused-ring (bicyclic) bond motifs is 2. The molecule has 0 aliphatic heterocycles. The Labute approximate surface area is 200 Å². The first kappa shape index (κ1) is 22.6. The average Bonchev–Trinajstić information content (AvgIpc) is 3.35. The van der Waals surface area contributed by atoms with Crippen molar-refractivity contribution in [2.75, 3.05) is 5.32 Å². The van der Waals surface area contributed by atoms with Crippen molar-refractivity contribution in [2.45, 2.75) is 64.1 Å². The molecule has 2 heterocycles. The van der Waals surface area contributed by atoms with Crippen LogP contribution in [0, 0.1) is 0 Å². The lowest BCUT2D eigenvalue weighted by Gasteiger charge is -2.18. The number of anilines is 2. The number of benzene rings is 2. The third kappa shape index (κ3) is 4.33. The summed E-state index contributed by atoms with van der Waals surface area (Å²) in [4.78, 5) is 7.79. The van der Waals surface area contributed by atoms with Crippen LogP contribution in [0.5, 0.6) is 0 Å². The van der Waals surface area contributed by atoms with E-state index in [-0.39, 0.29) is 0 Å². The van der Waals surface area contributed by atoms with Gasteiger partial charge in [0.1, 0.15) is 5.60 Å². The molecule has 5 nitrogen and oxygen atoms in total. The molecule has 5 heteroatoms. The topological polar surface area (TPSA) is 81.2 Å². The lowest BCUT2D eigenvalue weighted by molar-refractivity contribution is 0.0553. The molecule has 1 atom stereocenters. The second-order valence-electron chi connectivity index (χ2n) is 10.2. The number of rotatable bonds is 7. The Balaban J connectivity index is 1.22. The zero-order valence-electron chi connectivity index (χ0n) is 20.2. The molecule has 0 amide bonds. The van der Waals surface area contributed by atoms with E-state index >= 15 is 0 Å². The normalized spacial score (nSPS) is 17.8. The monoisotopic (exact) mass is 455 g/mol. The van der Waals surface area contributed by atoms with E-state index in [0.717, 1.165) is 59.4 Å². The number of nitrogens with one attached hydrogen (secondary N) is 2. The van der Waals surface area contributed by atoms with E-state index in [1.165, 1.54) is 16.5 Å². The average molecular weight is 456 g/mol. The van der Waals surface area contributed by atoms with Gasteiger partial charge in [-0.05, 0) is 82.2 Å². The van der Waals surface area contributed by atoms with Crippen molar-refractivity contribution < 1.29 is 10.2 Å². The summed E-state index contributed by atoms with van der Waals surface area (Å²) in [5, 5.41) is 25.7. The Morgan fingerprint density at radius 1 is 1.09 bits per heavy atom. The molecule has 34 heavy (non-hydrogen) atoms. The zero-order valence-corrected chi connectivity index (χ0v) is 20.2. The molecule has 1 aliphatic rings. The van der Waals surface area contributed by atoms with E-state index in [0.29, 0.717) is 6.42 Å². The SMILES string of the molecule is CC(C)(O)c1cccc2c(CCCc3ccc(Nc4ccnc5c4CCC5(C)O)cc3)c[nH]c12. The number of aromatic nitrogens is 2. The van der Waals surface area contributed by atoms with Gasteiger partial charge in [-0.3, -0.25) is 4.98 Å². The fourth-order valence-electron chi connectivity index (χ4n) is 5.14. The largest absolute Gasteiger partial charge is 0.386 e. The van der Waals surface area contributed by atoms with Gasteiger partial charge in [-0.15, -0.1) is 0 Å². The molecule has 5 rings (SSSR count). The molecule has 0 saturated carbocycles. The molecule has 1 unspecified atom stereocenters. The van der Waals surface area contributed by atoms with Gasteiger partial charge in [0.15, 0.2) is 0 Å². The Kier molecular flexibility index (Phi) is 5.70. The smallest absolute Gasteiger partial charge is 0.104 e. The van der Waals surface area contributed by atoms with E-state index in [9.17, 15) is 10.2 Å². The number of hydrogen-bond donors (Lipinski definition) is 4. The minimum absolute atomic E-state index is 0.711. The van der Waals surface area contributed by atoms with Crippen molar-refractivity contribution in [1.29, 1.82) is 0 Å². The standard InChI is InChI=1S/C29H33N3O2/c1-28(2,33)24-9-5-8-22-20(18-31-26(22)24)7-4-6-19-10-12-21(13-11-19)32-25-15-17-30-27-23(25)14-16-29(27,3)34/h5,8-13,15,17-18,31,33-34H,4,6-7,14,16H2,1-3H3,(H,30,32). The van der Waals surface area contributed by atoms with Crippen molar-refractivity contribution in [3.8, 4) is 0 Å². The van der Waals surface area contributed by atoms with Gasteiger partial charge in [-0.25, -0.2) is 0 Å². The lowest BCUT2D eigenvalue weighted by Crippen LogP contribution is -2.18. The molecule has 176 valence electrons. The van der Waals surface area contributed by atoms with Crippen LogP contribution in [-0.4, -0.2) is 20.2 Å². The summed E-state index contributed by atoms with van der Waals surface area (Å²) in [6.07, 6.45) is 8.44. The Morgan fingerprint density at radius 3 is 2.65 bits per heavy atom. The lowest BCUT2D eigenvalue weighted by atomic mass is 9.95. The first-order valence-electron chi connectivity index (χ1n) is 12.1. The van der Waals surface area contributed by atoms with Gasteiger partial charge < -0.3 is 20.5 Å². The van der Waals surface area contributed by atoms with E-state index in [2.05, 4.69) is 51.8 Å². The maximum Gasteiger partial charge on any atom is 0.104 e. The molecule has 4 N–H and O–H groups in total. The number of aliphatic hydroxyl groups is 2. The summed E-state index contributed by atoms with van der Waals surface area (Å²) in [5.41, 5.74) is 6.84. The second-order valence-corrected chi connectivity index (χ2v) is 10.2. The van der Waals surface area contributed by atoms with Crippen molar-refractivity contribution in [3.05, 3.63) is 88.9 Å². The van der Waals surface area contributed by atoms with Crippen LogP contribution in [0.1, 0.15) is 61.6 Å². The van der Waals surface area contributed by atoms with Gasteiger partial charge >= 0.3 is 0 Å². The first-order valence-corrected chi connectivity index (χ1v) is 12.1. The Hall–Kier alpha value is -3.15. The van der Waals surface area contributed by atoms with Crippen LogP contribution < -0.4 is 5.32 Å². The van der Waals surface area contributed by atoms with E-state index < -0.39 is 11.2 Å². The van der Waals surface area contributed by atoms with Gasteiger partial charge in [0.05, 0.1) is 16.8 Å². The predicted molar refractivity (Wildman–Crippen MR) is 137 cm³/mol. The molecule has 0 bridgehead atoms. The highest BCUT2D eigenvalue weighted by atomic mass is 16.3. The Morgan fingerprint density at radius 2 is 1.88 bits per heavy atom. The minimum Gasteiger partial charge on any atom is -0.386 e. The van der Waals surface area contributed by atoms with Crippen molar-refractivity contribution in [2.24, 2.45) is 0 Å². The molecule has 0 spiro atoms. The van der Waals surface area contributed by atoms with Crippen molar-refractivity contribution >= 4 is 22.3 Å². The van der Waals surface area contributed by atoms with E-state index in [1.54, 1.807) is 6.20 Å². The minimum atomic E-state index is -0.870. The number of aryl methyl sites for hydroxylation is 2. The van der Waals surface area contributed by atoms with E-state index in [1.807, 2.05) is 39.0 Å². The molecule has 2 aromatic carbocycles. The van der Waals surface area contributed by atoms with Crippen LogP contribution >= 0.6 is 0 Å². The fourth-order valence-corrected chi connectivity index (χ4v) is 5.14. The molecule has 0 saturated heterocycles. The second kappa shape index (κ2) is 8.57. The number of pyridine rings is 1. The molecular weight excluding hydrogens is 422 g/mol. The van der Waals surface area contributed by atoms with Crippen LogP contribution in [0.2, 0.25) is 0 Å². The van der Waals surface area contributed by atoms with Crippen molar-refractivity contribution in [1.82, 2.24) is 9.97 Å². The highest BCUT2D eigenvalue weighted by Gasteiger charge is 2.34. The van der Waals surface area contributed by atoms with Crippen molar-refractivity contribution in [3.63, 3.8) is 0 Å². The number of para-hydroxylation sites is 1. The number of aromatic amines is 1. The van der Waals surface area contributed by atoms with Gasteiger partial charge in [0, 0.05) is 40.3 Å². The maximum absolute atomic E-state index is 10.5. The summed E-state index contributed by atoms with van der Waals surface area (Å²) in [6, 6.07) is 16.7.